The average Bonchev–Trinajstić information content (AvgIpc) is 3.29. The lowest BCUT2D eigenvalue weighted by atomic mass is 9.91. The van der Waals surface area contributed by atoms with Crippen LogP contribution in [0.4, 0.5) is 10.6 Å². The van der Waals surface area contributed by atoms with E-state index in [0.29, 0.717) is 18.1 Å². The molecular weight excluding hydrogens is 340 g/mol. The highest BCUT2D eigenvalue weighted by atomic mass is 16.5. The highest BCUT2D eigenvalue weighted by Crippen LogP contribution is 2.30. The normalized spacial score (nSPS) is 12.0. The molecule has 0 unspecified atom stereocenters. The van der Waals surface area contributed by atoms with Gasteiger partial charge in [0.1, 0.15) is 5.76 Å². The Morgan fingerprint density at radius 1 is 1.15 bits per heavy atom. The highest BCUT2D eigenvalue weighted by molar-refractivity contribution is 5.88. The van der Waals surface area contributed by atoms with Crippen LogP contribution >= 0.6 is 0 Å². The monoisotopic (exact) mass is 360 g/mol. The summed E-state index contributed by atoms with van der Waals surface area (Å²) in [5.41, 5.74) is 3.37. The summed E-state index contributed by atoms with van der Waals surface area (Å²) in [6, 6.07) is 19.7. The van der Waals surface area contributed by atoms with Crippen molar-refractivity contribution in [2.45, 2.75) is 12.8 Å². The van der Waals surface area contributed by atoms with E-state index in [1.54, 1.807) is 13.0 Å². The molecule has 2 aromatic carbocycles. The van der Waals surface area contributed by atoms with Crippen molar-refractivity contribution < 1.29 is 9.32 Å². The van der Waals surface area contributed by atoms with Crippen molar-refractivity contribution in [3.05, 3.63) is 83.7 Å². The number of nitrogens with zero attached hydrogens (tertiary/aromatic N) is 1. The van der Waals surface area contributed by atoms with Crippen LogP contribution in [-0.2, 0) is 0 Å². The Bertz CT molecular complexity index is 1050. The van der Waals surface area contributed by atoms with E-state index in [4.69, 9.17) is 4.52 Å². The largest absolute Gasteiger partial charge is 0.361 e. The standard InChI is InChI=1S/C21H20N4O2/c1-14-11-20(25-27-14)24-21(26)23-12-17(15-7-3-2-4-8-15)18-13-22-19-10-6-5-9-16(18)19/h2-11,13,17,22H,12H2,1H3,(H2,23,24,25,26)/t17-/m1/s1. The van der Waals surface area contributed by atoms with Crippen LogP contribution < -0.4 is 10.6 Å². The third-order valence-electron chi connectivity index (χ3n) is 4.53. The minimum atomic E-state index is -0.316. The van der Waals surface area contributed by atoms with Crippen LogP contribution in [0.3, 0.4) is 0 Å². The van der Waals surface area contributed by atoms with Gasteiger partial charge < -0.3 is 14.8 Å². The van der Waals surface area contributed by atoms with Crippen LogP contribution in [0.2, 0.25) is 0 Å². The third kappa shape index (κ3) is 3.69. The van der Waals surface area contributed by atoms with Gasteiger partial charge >= 0.3 is 6.03 Å². The van der Waals surface area contributed by atoms with E-state index in [1.807, 2.05) is 42.6 Å². The second-order valence-electron chi connectivity index (χ2n) is 6.41. The van der Waals surface area contributed by atoms with Gasteiger partial charge in [0.2, 0.25) is 0 Å². The summed E-state index contributed by atoms with van der Waals surface area (Å²) in [5.74, 6) is 1.06. The summed E-state index contributed by atoms with van der Waals surface area (Å²) in [6.45, 7) is 2.23. The van der Waals surface area contributed by atoms with Crippen molar-refractivity contribution in [2.75, 3.05) is 11.9 Å². The van der Waals surface area contributed by atoms with Gasteiger partial charge in [0, 0.05) is 35.6 Å². The van der Waals surface area contributed by atoms with Crippen molar-refractivity contribution >= 4 is 22.8 Å². The fourth-order valence-electron chi connectivity index (χ4n) is 3.26. The van der Waals surface area contributed by atoms with E-state index in [-0.39, 0.29) is 11.9 Å². The fourth-order valence-corrected chi connectivity index (χ4v) is 3.26. The van der Waals surface area contributed by atoms with Gasteiger partial charge in [0.15, 0.2) is 5.82 Å². The molecule has 2 amide bonds. The minimum Gasteiger partial charge on any atom is -0.361 e. The van der Waals surface area contributed by atoms with Crippen molar-refractivity contribution in [2.24, 2.45) is 0 Å². The molecule has 0 aliphatic rings. The van der Waals surface area contributed by atoms with Crippen molar-refractivity contribution in [1.82, 2.24) is 15.5 Å². The zero-order chi connectivity index (χ0) is 18.6. The number of carbonyl (C=O) groups is 1. The predicted molar refractivity (Wildman–Crippen MR) is 105 cm³/mol. The zero-order valence-corrected chi connectivity index (χ0v) is 14.9. The van der Waals surface area contributed by atoms with Crippen LogP contribution in [-0.4, -0.2) is 22.7 Å². The first kappa shape index (κ1) is 16.9. The van der Waals surface area contributed by atoms with E-state index in [9.17, 15) is 4.79 Å². The molecule has 2 heterocycles. The second-order valence-corrected chi connectivity index (χ2v) is 6.41. The summed E-state index contributed by atoms with van der Waals surface area (Å²) in [6.07, 6.45) is 2.02. The molecule has 0 aliphatic carbocycles. The third-order valence-corrected chi connectivity index (χ3v) is 4.53. The smallest absolute Gasteiger partial charge is 0.320 e. The van der Waals surface area contributed by atoms with Gasteiger partial charge in [-0.25, -0.2) is 4.79 Å². The molecule has 2 aromatic heterocycles. The van der Waals surface area contributed by atoms with Crippen LogP contribution in [0.15, 0.2) is 71.4 Å². The molecular formula is C21H20N4O2. The molecule has 0 fully saturated rings. The molecule has 0 saturated heterocycles. The Morgan fingerprint density at radius 3 is 2.70 bits per heavy atom. The molecule has 6 heteroatoms. The first-order valence-corrected chi connectivity index (χ1v) is 8.80. The van der Waals surface area contributed by atoms with E-state index in [1.165, 1.54) is 0 Å². The molecule has 0 saturated carbocycles. The van der Waals surface area contributed by atoms with Gasteiger partial charge in [-0.15, -0.1) is 0 Å². The zero-order valence-electron chi connectivity index (χ0n) is 14.9. The van der Waals surface area contributed by atoms with Gasteiger partial charge in [-0.2, -0.15) is 0 Å². The Morgan fingerprint density at radius 2 is 1.93 bits per heavy atom. The molecule has 27 heavy (non-hydrogen) atoms. The number of carbonyl (C=O) groups excluding carboxylic acids is 1. The number of amides is 2. The molecule has 0 bridgehead atoms. The summed E-state index contributed by atoms with van der Waals surface area (Å²) in [4.78, 5) is 15.6. The lowest BCUT2D eigenvalue weighted by Gasteiger charge is -2.18. The number of para-hydroxylation sites is 1. The topological polar surface area (TPSA) is 83.0 Å². The van der Waals surface area contributed by atoms with Crippen molar-refractivity contribution in [3.63, 3.8) is 0 Å². The van der Waals surface area contributed by atoms with E-state index >= 15 is 0 Å². The van der Waals surface area contributed by atoms with Gasteiger partial charge in [0.25, 0.3) is 0 Å². The molecule has 136 valence electrons. The number of anilines is 1. The number of H-pyrrole nitrogens is 1. The summed E-state index contributed by atoms with van der Waals surface area (Å²) in [7, 11) is 0. The molecule has 0 spiro atoms. The summed E-state index contributed by atoms with van der Waals surface area (Å²) in [5, 5.41) is 10.6. The SMILES string of the molecule is Cc1cc(NC(=O)NC[C@H](c2ccccc2)c2c[nH]c3ccccc23)no1. The van der Waals surface area contributed by atoms with Crippen LogP contribution in [0.1, 0.15) is 22.8 Å². The molecule has 1 atom stereocenters. The minimum absolute atomic E-state index is 0.0205. The number of rotatable bonds is 5. The van der Waals surface area contributed by atoms with Gasteiger partial charge in [-0.3, -0.25) is 5.32 Å². The number of aryl methyl sites for hydroxylation is 1. The number of fused-ring (bicyclic) bond motifs is 1. The molecule has 4 aromatic rings. The molecule has 0 aliphatic heterocycles. The van der Waals surface area contributed by atoms with E-state index in [0.717, 1.165) is 22.0 Å². The van der Waals surface area contributed by atoms with Crippen LogP contribution in [0, 0.1) is 6.92 Å². The quantitative estimate of drug-likeness (QED) is 0.493. The predicted octanol–water partition coefficient (Wildman–Crippen LogP) is 4.42. The Balaban J connectivity index is 1.56. The number of urea groups is 1. The Kier molecular flexibility index (Phi) is 4.61. The molecule has 0 radical (unpaired) electrons. The number of aromatic nitrogens is 2. The summed E-state index contributed by atoms with van der Waals surface area (Å²) < 4.78 is 4.97. The molecule has 4 rings (SSSR count). The van der Waals surface area contributed by atoms with Gasteiger partial charge in [-0.1, -0.05) is 53.7 Å². The van der Waals surface area contributed by atoms with Gasteiger partial charge in [0.05, 0.1) is 0 Å². The van der Waals surface area contributed by atoms with Gasteiger partial charge in [-0.05, 0) is 24.1 Å². The van der Waals surface area contributed by atoms with Crippen molar-refractivity contribution in [3.8, 4) is 0 Å². The number of nitrogens with one attached hydrogen (secondary N) is 3. The second kappa shape index (κ2) is 7.37. The van der Waals surface area contributed by atoms with Crippen LogP contribution in [0.25, 0.3) is 10.9 Å². The van der Waals surface area contributed by atoms with E-state index in [2.05, 4.69) is 39.0 Å². The fraction of sp³-hybridized carbons (Fsp3) is 0.143. The number of benzene rings is 2. The molecule has 3 N–H and O–H groups in total. The first-order chi connectivity index (χ1) is 13.2. The Labute approximate surface area is 156 Å². The number of aromatic amines is 1. The van der Waals surface area contributed by atoms with E-state index < -0.39 is 0 Å². The van der Waals surface area contributed by atoms with Crippen LogP contribution in [0.5, 0.6) is 0 Å². The highest BCUT2D eigenvalue weighted by Gasteiger charge is 2.19. The number of hydrogen-bond donors (Lipinski definition) is 3. The maximum Gasteiger partial charge on any atom is 0.320 e. The lowest BCUT2D eigenvalue weighted by molar-refractivity contribution is 0.251. The molecule has 6 nitrogen and oxygen atoms in total. The van der Waals surface area contributed by atoms with Crippen molar-refractivity contribution in [1.29, 1.82) is 0 Å². The number of hydrogen-bond acceptors (Lipinski definition) is 3. The Hall–Kier alpha value is -3.54. The maximum absolute atomic E-state index is 12.3. The average molecular weight is 360 g/mol. The lowest BCUT2D eigenvalue weighted by Crippen LogP contribution is -2.32. The maximum atomic E-state index is 12.3. The summed E-state index contributed by atoms with van der Waals surface area (Å²) >= 11 is 0. The first-order valence-electron chi connectivity index (χ1n) is 8.80.